The number of nitrogens with zero attached hydrogens (tertiary/aromatic N) is 1. The summed E-state index contributed by atoms with van der Waals surface area (Å²) in [7, 11) is 0. The third-order valence-corrected chi connectivity index (χ3v) is 6.55. The minimum absolute atomic E-state index is 0.302. The van der Waals surface area contributed by atoms with Crippen molar-refractivity contribution in [3.8, 4) is 0 Å². The minimum Gasteiger partial charge on any atom is -0.329 e. The standard InChI is InChI=1S/C19H38N2/c1-17(2,3)16-7-6-9-19(15-20,10-8-16)21-13-11-18(4,5)12-14-21/h16H,6-15,20H2,1-5H3. The van der Waals surface area contributed by atoms with Crippen LogP contribution in [0.2, 0.25) is 0 Å². The Balaban J connectivity index is 2.05. The van der Waals surface area contributed by atoms with Crippen LogP contribution in [0.1, 0.15) is 79.6 Å². The quantitative estimate of drug-likeness (QED) is 0.763. The van der Waals surface area contributed by atoms with E-state index in [4.69, 9.17) is 5.73 Å². The van der Waals surface area contributed by atoms with Gasteiger partial charge in [0.1, 0.15) is 0 Å². The highest BCUT2D eigenvalue weighted by Gasteiger charge is 2.41. The Morgan fingerprint density at radius 2 is 1.62 bits per heavy atom. The Bertz CT molecular complexity index is 332. The highest BCUT2D eigenvalue weighted by Crippen LogP contribution is 2.43. The minimum atomic E-state index is 0.302. The van der Waals surface area contributed by atoms with Crippen molar-refractivity contribution in [3.63, 3.8) is 0 Å². The summed E-state index contributed by atoms with van der Waals surface area (Å²) in [5.74, 6) is 0.868. The zero-order chi connectivity index (χ0) is 15.7. The first-order valence-electron chi connectivity index (χ1n) is 9.14. The van der Waals surface area contributed by atoms with Gasteiger partial charge in [-0.2, -0.15) is 0 Å². The third-order valence-electron chi connectivity index (χ3n) is 6.55. The lowest BCUT2D eigenvalue weighted by Gasteiger charge is -2.48. The topological polar surface area (TPSA) is 29.3 Å². The van der Waals surface area contributed by atoms with Crippen LogP contribution in [0.5, 0.6) is 0 Å². The van der Waals surface area contributed by atoms with E-state index in [2.05, 4.69) is 39.5 Å². The normalized spacial score (nSPS) is 35.4. The predicted octanol–water partition coefficient (Wildman–Crippen LogP) is 4.43. The van der Waals surface area contributed by atoms with Crippen molar-refractivity contribution >= 4 is 0 Å². The number of hydrogen-bond acceptors (Lipinski definition) is 2. The molecule has 2 heteroatoms. The maximum atomic E-state index is 6.32. The van der Waals surface area contributed by atoms with E-state index in [1.165, 1.54) is 58.0 Å². The average Bonchev–Trinajstić information content (AvgIpc) is 2.61. The fourth-order valence-electron chi connectivity index (χ4n) is 4.49. The molecule has 1 aliphatic heterocycles. The number of piperidine rings is 1. The van der Waals surface area contributed by atoms with Gasteiger partial charge in [0, 0.05) is 12.1 Å². The van der Waals surface area contributed by atoms with Crippen LogP contribution in [0.15, 0.2) is 0 Å². The van der Waals surface area contributed by atoms with Gasteiger partial charge >= 0.3 is 0 Å². The molecule has 0 aromatic heterocycles. The van der Waals surface area contributed by atoms with Crippen molar-refractivity contribution in [3.05, 3.63) is 0 Å². The van der Waals surface area contributed by atoms with Crippen molar-refractivity contribution in [1.82, 2.24) is 4.90 Å². The Morgan fingerprint density at radius 1 is 1.00 bits per heavy atom. The molecule has 2 nitrogen and oxygen atoms in total. The van der Waals surface area contributed by atoms with E-state index < -0.39 is 0 Å². The summed E-state index contributed by atoms with van der Waals surface area (Å²) in [4.78, 5) is 2.77. The number of nitrogens with two attached hydrogens (primary N) is 1. The van der Waals surface area contributed by atoms with Crippen LogP contribution in [0.4, 0.5) is 0 Å². The number of likely N-dealkylation sites (tertiary alicyclic amines) is 1. The SMILES string of the molecule is CC1(C)CCN(C2(CN)CCCC(C(C)(C)C)CC2)CC1. The molecule has 0 amide bonds. The molecule has 2 rings (SSSR count). The first-order valence-corrected chi connectivity index (χ1v) is 9.14. The third kappa shape index (κ3) is 4.01. The van der Waals surface area contributed by atoms with Crippen molar-refractivity contribution < 1.29 is 0 Å². The van der Waals surface area contributed by atoms with Crippen LogP contribution < -0.4 is 5.73 Å². The molecule has 2 aliphatic rings. The molecule has 21 heavy (non-hydrogen) atoms. The Kier molecular flexibility index (Phi) is 5.10. The summed E-state index contributed by atoms with van der Waals surface area (Å²) < 4.78 is 0. The van der Waals surface area contributed by atoms with Crippen LogP contribution in [-0.2, 0) is 0 Å². The second-order valence-electron chi connectivity index (χ2n) is 9.57. The van der Waals surface area contributed by atoms with E-state index in [1.54, 1.807) is 0 Å². The zero-order valence-corrected chi connectivity index (χ0v) is 15.2. The summed E-state index contributed by atoms with van der Waals surface area (Å²) in [6.07, 6.45) is 9.40. The van der Waals surface area contributed by atoms with Gasteiger partial charge in [0.15, 0.2) is 0 Å². The predicted molar refractivity (Wildman–Crippen MR) is 92.4 cm³/mol. The lowest BCUT2D eigenvalue weighted by Crippen LogP contribution is -2.57. The Morgan fingerprint density at radius 3 is 2.14 bits per heavy atom. The maximum absolute atomic E-state index is 6.32. The number of hydrogen-bond donors (Lipinski definition) is 1. The van der Waals surface area contributed by atoms with Gasteiger partial charge in [-0.05, 0) is 68.4 Å². The van der Waals surface area contributed by atoms with Crippen molar-refractivity contribution in [2.75, 3.05) is 19.6 Å². The smallest absolute Gasteiger partial charge is 0.0331 e. The summed E-state index contributed by atoms with van der Waals surface area (Å²) in [5.41, 5.74) is 7.61. The zero-order valence-electron chi connectivity index (χ0n) is 15.2. The molecular weight excluding hydrogens is 256 g/mol. The molecule has 2 N–H and O–H groups in total. The van der Waals surface area contributed by atoms with Gasteiger partial charge in [-0.15, -0.1) is 0 Å². The summed E-state index contributed by atoms with van der Waals surface area (Å²) >= 11 is 0. The average molecular weight is 295 g/mol. The van der Waals surface area contributed by atoms with Crippen LogP contribution in [0.25, 0.3) is 0 Å². The van der Waals surface area contributed by atoms with Gasteiger partial charge in [0.25, 0.3) is 0 Å². The van der Waals surface area contributed by atoms with Crippen molar-refractivity contribution in [2.24, 2.45) is 22.5 Å². The molecule has 2 atom stereocenters. The summed E-state index contributed by atoms with van der Waals surface area (Å²) in [6.45, 7) is 15.4. The second-order valence-corrected chi connectivity index (χ2v) is 9.57. The van der Waals surface area contributed by atoms with Crippen LogP contribution in [-0.4, -0.2) is 30.1 Å². The molecule has 1 saturated heterocycles. The van der Waals surface area contributed by atoms with E-state index >= 15 is 0 Å². The van der Waals surface area contributed by atoms with E-state index in [9.17, 15) is 0 Å². The van der Waals surface area contributed by atoms with Gasteiger partial charge in [-0.1, -0.05) is 41.0 Å². The number of rotatable bonds is 2. The molecule has 0 aromatic carbocycles. The highest BCUT2D eigenvalue weighted by molar-refractivity contribution is 4.97. The molecule has 1 aliphatic carbocycles. The molecule has 0 radical (unpaired) electrons. The molecule has 124 valence electrons. The van der Waals surface area contributed by atoms with Gasteiger partial charge in [-0.25, -0.2) is 0 Å². The maximum Gasteiger partial charge on any atom is 0.0331 e. The first-order chi connectivity index (χ1) is 9.69. The van der Waals surface area contributed by atoms with Gasteiger partial charge in [-0.3, -0.25) is 4.90 Å². The van der Waals surface area contributed by atoms with Crippen LogP contribution >= 0.6 is 0 Å². The Labute approximate surface area is 132 Å². The lowest BCUT2D eigenvalue weighted by atomic mass is 9.75. The van der Waals surface area contributed by atoms with Gasteiger partial charge in [0.05, 0.1) is 0 Å². The summed E-state index contributed by atoms with van der Waals surface area (Å²) in [5, 5.41) is 0. The Hall–Kier alpha value is -0.0800. The molecule has 0 bridgehead atoms. The first kappa shape index (κ1) is 17.3. The molecule has 2 unspecified atom stereocenters. The molecule has 1 heterocycles. The molecular formula is C19H38N2. The van der Waals surface area contributed by atoms with E-state index in [0.29, 0.717) is 16.4 Å². The molecule has 2 fully saturated rings. The molecule has 0 aromatic rings. The fourth-order valence-corrected chi connectivity index (χ4v) is 4.49. The second kappa shape index (κ2) is 6.20. The monoisotopic (exact) mass is 294 g/mol. The van der Waals surface area contributed by atoms with E-state index in [-0.39, 0.29) is 0 Å². The van der Waals surface area contributed by atoms with Crippen molar-refractivity contribution in [1.29, 1.82) is 0 Å². The van der Waals surface area contributed by atoms with Crippen LogP contribution in [0.3, 0.4) is 0 Å². The fraction of sp³-hybridized carbons (Fsp3) is 1.00. The van der Waals surface area contributed by atoms with E-state index in [0.717, 1.165) is 12.5 Å². The summed E-state index contributed by atoms with van der Waals surface area (Å²) in [6, 6.07) is 0. The van der Waals surface area contributed by atoms with Crippen molar-refractivity contribution in [2.45, 2.75) is 85.1 Å². The van der Waals surface area contributed by atoms with Gasteiger partial charge in [0.2, 0.25) is 0 Å². The van der Waals surface area contributed by atoms with Crippen LogP contribution in [0, 0.1) is 16.7 Å². The molecule has 1 saturated carbocycles. The molecule has 0 spiro atoms. The highest BCUT2D eigenvalue weighted by atomic mass is 15.2. The van der Waals surface area contributed by atoms with E-state index in [1.807, 2.05) is 0 Å². The lowest BCUT2D eigenvalue weighted by molar-refractivity contribution is 0.0209. The van der Waals surface area contributed by atoms with Gasteiger partial charge < -0.3 is 5.73 Å². The largest absolute Gasteiger partial charge is 0.329 e.